The fourth-order valence-corrected chi connectivity index (χ4v) is 3.21. The van der Waals surface area contributed by atoms with Crippen LogP contribution in [0.2, 0.25) is 0 Å². The molecule has 1 unspecified atom stereocenters. The third kappa shape index (κ3) is 2.42. The monoisotopic (exact) mass is 304 g/mol. The van der Waals surface area contributed by atoms with E-state index in [1.165, 1.54) is 0 Å². The summed E-state index contributed by atoms with van der Waals surface area (Å²) in [7, 11) is 1.98. The van der Waals surface area contributed by atoms with E-state index >= 15 is 0 Å². The van der Waals surface area contributed by atoms with Crippen LogP contribution in [0.1, 0.15) is 32.0 Å². The number of aromatic nitrogens is 6. The molecule has 3 aromatic rings. The highest BCUT2D eigenvalue weighted by atomic mass is 32.1. The molecule has 1 N–H and O–H groups in total. The number of nitrogens with zero attached hydrogens (tertiary/aromatic N) is 5. The average molecular weight is 304 g/mol. The Labute approximate surface area is 128 Å². The zero-order chi connectivity index (χ0) is 15.0. The Morgan fingerprint density at radius 1 is 1.43 bits per heavy atom. The van der Waals surface area contributed by atoms with Crippen LogP contribution in [0.5, 0.6) is 0 Å². The topological polar surface area (TPSA) is 56.4 Å². The second kappa shape index (κ2) is 5.48. The van der Waals surface area contributed by atoms with Gasteiger partial charge in [0, 0.05) is 26.0 Å². The lowest BCUT2D eigenvalue weighted by molar-refractivity contribution is 0.462. The molecule has 0 aromatic carbocycles. The van der Waals surface area contributed by atoms with E-state index in [-0.39, 0.29) is 6.04 Å². The molecule has 112 valence electrons. The highest BCUT2D eigenvalue weighted by Gasteiger charge is 2.18. The van der Waals surface area contributed by atoms with E-state index in [9.17, 15) is 0 Å². The van der Waals surface area contributed by atoms with Crippen molar-refractivity contribution in [2.75, 3.05) is 0 Å². The van der Waals surface area contributed by atoms with Gasteiger partial charge in [-0.15, -0.1) is 0 Å². The minimum Gasteiger partial charge on any atom is -0.335 e. The van der Waals surface area contributed by atoms with Gasteiger partial charge in [-0.1, -0.05) is 13.3 Å². The van der Waals surface area contributed by atoms with E-state index in [4.69, 9.17) is 12.2 Å². The molecule has 3 heterocycles. The zero-order valence-electron chi connectivity index (χ0n) is 12.6. The summed E-state index contributed by atoms with van der Waals surface area (Å²) in [5.74, 6) is 0. The van der Waals surface area contributed by atoms with Crippen LogP contribution in [0.4, 0.5) is 0 Å². The molecule has 0 aliphatic heterocycles. The molecule has 0 radical (unpaired) electrons. The molecule has 0 aliphatic rings. The van der Waals surface area contributed by atoms with Gasteiger partial charge in [-0.25, -0.2) is 4.98 Å². The fourth-order valence-electron chi connectivity index (χ4n) is 2.84. The quantitative estimate of drug-likeness (QED) is 0.737. The van der Waals surface area contributed by atoms with Gasteiger partial charge in [0.2, 0.25) is 0 Å². The van der Waals surface area contributed by atoms with E-state index in [1.54, 1.807) is 6.20 Å². The second-order valence-electron chi connectivity index (χ2n) is 5.43. The van der Waals surface area contributed by atoms with Crippen molar-refractivity contribution in [3.05, 3.63) is 29.2 Å². The predicted octanol–water partition coefficient (Wildman–Crippen LogP) is 2.84. The number of aromatic amines is 1. The van der Waals surface area contributed by atoms with Crippen molar-refractivity contribution in [3.63, 3.8) is 0 Å². The molecule has 1 atom stereocenters. The highest BCUT2D eigenvalue weighted by Crippen LogP contribution is 2.23. The van der Waals surface area contributed by atoms with Crippen LogP contribution < -0.4 is 0 Å². The first-order valence-electron chi connectivity index (χ1n) is 7.23. The van der Waals surface area contributed by atoms with Crippen LogP contribution in [0.25, 0.3) is 11.2 Å². The minimum atomic E-state index is 0.227. The third-order valence-electron chi connectivity index (χ3n) is 3.73. The van der Waals surface area contributed by atoms with Crippen molar-refractivity contribution in [2.24, 2.45) is 7.05 Å². The van der Waals surface area contributed by atoms with Gasteiger partial charge in [0.1, 0.15) is 5.52 Å². The molecule has 0 amide bonds. The maximum atomic E-state index is 5.52. The van der Waals surface area contributed by atoms with Gasteiger partial charge in [0.15, 0.2) is 10.4 Å². The molecule has 0 saturated carbocycles. The zero-order valence-corrected chi connectivity index (χ0v) is 13.4. The lowest BCUT2D eigenvalue weighted by Gasteiger charge is -2.15. The summed E-state index contributed by atoms with van der Waals surface area (Å²) in [5, 5.41) is 4.62. The van der Waals surface area contributed by atoms with Crippen LogP contribution >= 0.6 is 12.2 Å². The van der Waals surface area contributed by atoms with Crippen molar-refractivity contribution < 1.29 is 0 Å². The molecule has 6 nitrogen and oxygen atoms in total. The number of imidazole rings is 2. The fraction of sp³-hybridized carbons (Fsp3) is 0.500. The van der Waals surface area contributed by atoms with Gasteiger partial charge in [0.25, 0.3) is 0 Å². The smallest absolute Gasteiger partial charge is 0.179 e. The Hall–Kier alpha value is -1.89. The van der Waals surface area contributed by atoms with Crippen LogP contribution in [0.3, 0.4) is 0 Å². The molecular weight excluding hydrogens is 284 g/mol. The standard InChI is InChI=1S/C14H20N6S/c1-4-5-11-12-13(18(3)17-11)20(14(21)16-12)10(2)8-19-7-6-15-9-19/h6-7,9-10H,4-5,8H2,1-3H3,(H,16,21). The van der Waals surface area contributed by atoms with Gasteiger partial charge in [-0.05, 0) is 25.6 Å². The average Bonchev–Trinajstić information content (AvgIpc) is 3.10. The highest BCUT2D eigenvalue weighted by molar-refractivity contribution is 7.71. The summed E-state index contributed by atoms with van der Waals surface area (Å²) in [6.07, 6.45) is 7.62. The number of nitrogens with one attached hydrogen (secondary N) is 1. The number of hydrogen-bond acceptors (Lipinski definition) is 3. The third-order valence-corrected chi connectivity index (χ3v) is 4.03. The van der Waals surface area contributed by atoms with Crippen LogP contribution in [-0.4, -0.2) is 28.9 Å². The first-order chi connectivity index (χ1) is 10.1. The lowest BCUT2D eigenvalue weighted by Crippen LogP contribution is -2.14. The van der Waals surface area contributed by atoms with E-state index in [2.05, 4.69) is 38.0 Å². The summed E-state index contributed by atoms with van der Waals surface area (Å²) in [5.41, 5.74) is 3.23. The molecule has 3 aromatic heterocycles. The van der Waals surface area contributed by atoms with Crippen molar-refractivity contribution in [3.8, 4) is 0 Å². The van der Waals surface area contributed by atoms with E-state index < -0.39 is 0 Å². The second-order valence-corrected chi connectivity index (χ2v) is 5.81. The molecule has 3 rings (SSSR count). The van der Waals surface area contributed by atoms with E-state index in [1.807, 2.05) is 24.3 Å². The Kier molecular flexibility index (Phi) is 3.67. The first-order valence-corrected chi connectivity index (χ1v) is 7.64. The molecule has 0 bridgehead atoms. The van der Waals surface area contributed by atoms with Gasteiger partial charge in [-0.2, -0.15) is 5.10 Å². The normalized spacial score (nSPS) is 13.1. The summed E-state index contributed by atoms with van der Waals surface area (Å²) in [4.78, 5) is 7.42. The van der Waals surface area contributed by atoms with Gasteiger partial charge >= 0.3 is 0 Å². The Morgan fingerprint density at radius 3 is 2.90 bits per heavy atom. The van der Waals surface area contributed by atoms with E-state index in [0.717, 1.165) is 41.0 Å². The Balaban J connectivity index is 2.05. The SMILES string of the molecule is CCCc1nn(C)c2c1[nH]c(=S)n2C(C)Cn1ccnc1. The van der Waals surface area contributed by atoms with Gasteiger partial charge in [0.05, 0.1) is 18.1 Å². The van der Waals surface area contributed by atoms with Crippen LogP contribution in [0, 0.1) is 4.77 Å². The number of fused-ring (bicyclic) bond motifs is 1. The molecule has 0 fully saturated rings. The van der Waals surface area contributed by atoms with Crippen LogP contribution in [-0.2, 0) is 20.0 Å². The molecular formula is C14H20N6S. The van der Waals surface area contributed by atoms with Gasteiger partial charge < -0.3 is 9.55 Å². The van der Waals surface area contributed by atoms with E-state index in [0.29, 0.717) is 0 Å². The Bertz CT molecular complexity index is 792. The summed E-state index contributed by atoms with van der Waals surface area (Å²) >= 11 is 5.52. The Morgan fingerprint density at radius 2 is 2.24 bits per heavy atom. The number of H-pyrrole nitrogens is 1. The molecule has 0 aliphatic carbocycles. The summed E-state index contributed by atoms with van der Waals surface area (Å²) < 4.78 is 6.89. The molecule has 7 heteroatoms. The van der Waals surface area contributed by atoms with Crippen molar-refractivity contribution in [1.82, 2.24) is 28.9 Å². The molecule has 21 heavy (non-hydrogen) atoms. The number of hydrogen-bond donors (Lipinski definition) is 1. The summed E-state index contributed by atoms with van der Waals surface area (Å²) in [6.45, 7) is 5.15. The lowest BCUT2D eigenvalue weighted by atomic mass is 10.2. The van der Waals surface area contributed by atoms with Crippen molar-refractivity contribution in [2.45, 2.75) is 39.3 Å². The van der Waals surface area contributed by atoms with Crippen LogP contribution in [0.15, 0.2) is 18.7 Å². The maximum absolute atomic E-state index is 5.52. The molecule has 0 saturated heterocycles. The predicted molar refractivity (Wildman–Crippen MR) is 84.8 cm³/mol. The van der Waals surface area contributed by atoms with Gasteiger partial charge in [-0.3, -0.25) is 9.25 Å². The number of aryl methyl sites for hydroxylation is 2. The largest absolute Gasteiger partial charge is 0.335 e. The number of rotatable bonds is 5. The van der Waals surface area contributed by atoms with Crippen molar-refractivity contribution >= 4 is 23.4 Å². The minimum absolute atomic E-state index is 0.227. The first kappa shape index (κ1) is 14.1. The maximum Gasteiger partial charge on any atom is 0.179 e. The summed E-state index contributed by atoms with van der Waals surface area (Å²) in [6, 6.07) is 0.227. The van der Waals surface area contributed by atoms with Crippen molar-refractivity contribution in [1.29, 1.82) is 0 Å². The molecule has 0 spiro atoms.